The number of carbonyl (C=O) groups is 2. The molecule has 0 aliphatic carbocycles. The van der Waals surface area contributed by atoms with Crippen LogP contribution in [0.1, 0.15) is 34.7 Å². The van der Waals surface area contributed by atoms with Gasteiger partial charge in [0.15, 0.2) is 0 Å². The van der Waals surface area contributed by atoms with Crippen LogP contribution in [-0.4, -0.2) is 75.2 Å². The third-order valence-corrected chi connectivity index (χ3v) is 6.53. The fourth-order valence-electron chi connectivity index (χ4n) is 4.66. The van der Waals surface area contributed by atoms with Gasteiger partial charge in [0.1, 0.15) is 5.75 Å². The molecule has 0 saturated carbocycles. The van der Waals surface area contributed by atoms with E-state index < -0.39 is 0 Å². The number of rotatable bonds is 4. The minimum atomic E-state index is -0.0309. The highest BCUT2D eigenvalue weighted by molar-refractivity contribution is 5.94. The molecule has 0 aromatic heterocycles. The van der Waals surface area contributed by atoms with Crippen molar-refractivity contribution in [2.24, 2.45) is 0 Å². The van der Waals surface area contributed by atoms with Crippen molar-refractivity contribution < 1.29 is 14.3 Å². The Morgan fingerprint density at radius 3 is 2.41 bits per heavy atom. The van der Waals surface area contributed by atoms with Crippen LogP contribution >= 0.6 is 0 Å². The van der Waals surface area contributed by atoms with Gasteiger partial charge in [-0.2, -0.15) is 0 Å². The first-order chi connectivity index (χ1) is 15.6. The van der Waals surface area contributed by atoms with Gasteiger partial charge in [0, 0.05) is 63.5 Å². The second kappa shape index (κ2) is 9.94. The Morgan fingerprint density at radius 2 is 1.72 bits per heavy atom. The molecule has 2 aromatic rings. The van der Waals surface area contributed by atoms with E-state index in [-0.39, 0.29) is 17.9 Å². The average Bonchev–Trinajstić information content (AvgIpc) is 2.88. The first-order valence-corrected chi connectivity index (χ1v) is 11.3. The third kappa shape index (κ3) is 4.82. The molecule has 2 aliphatic rings. The Labute approximate surface area is 189 Å². The predicted molar refractivity (Wildman–Crippen MR) is 126 cm³/mol. The molecule has 1 N–H and O–H groups in total. The molecular weight excluding hydrogens is 404 g/mol. The SMILES string of the molecule is CNC(=O)N1CCCC(c2cccc(C(=O)N3CCN(c4ccc(OC)cc4)CC3)c2)C1. The number of anilines is 1. The molecule has 7 heteroatoms. The van der Waals surface area contributed by atoms with Gasteiger partial charge in [0.2, 0.25) is 0 Å². The zero-order valence-corrected chi connectivity index (χ0v) is 18.9. The highest BCUT2D eigenvalue weighted by Crippen LogP contribution is 2.28. The number of ether oxygens (including phenoxy) is 1. The quantitative estimate of drug-likeness (QED) is 0.800. The lowest BCUT2D eigenvalue weighted by molar-refractivity contribution is 0.0746. The van der Waals surface area contributed by atoms with Crippen molar-refractivity contribution >= 4 is 17.6 Å². The second-order valence-electron chi connectivity index (χ2n) is 8.44. The van der Waals surface area contributed by atoms with E-state index in [1.807, 2.05) is 40.1 Å². The van der Waals surface area contributed by atoms with Crippen molar-refractivity contribution in [1.82, 2.24) is 15.1 Å². The Kier molecular flexibility index (Phi) is 6.83. The van der Waals surface area contributed by atoms with Crippen molar-refractivity contribution in [2.75, 3.05) is 58.3 Å². The summed E-state index contributed by atoms with van der Waals surface area (Å²) in [6.07, 6.45) is 2.01. The molecule has 4 rings (SSSR count). The molecule has 7 nitrogen and oxygen atoms in total. The molecule has 32 heavy (non-hydrogen) atoms. The lowest BCUT2D eigenvalue weighted by atomic mass is 9.89. The summed E-state index contributed by atoms with van der Waals surface area (Å²) >= 11 is 0. The summed E-state index contributed by atoms with van der Waals surface area (Å²) in [7, 11) is 3.33. The molecule has 1 unspecified atom stereocenters. The Morgan fingerprint density at radius 1 is 0.969 bits per heavy atom. The molecule has 2 aliphatic heterocycles. The molecule has 2 fully saturated rings. The number of benzene rings is 2. The summed E-state index contributed by atoms with van der Waals surface area (Å²) in [5.74, 6) is 1.19. The fourth-order valence-corrected chi connectivity index (χ4v) is 4.66. The highest BCUT2D eigenvalue weighted by atomic mass is 16.5. The maximum Gasteiger partial charge on any atom is 0.317 e. The molecule has 2 saturated heterocycles. The Bertz CT molecular complexity index is 938. The van der Waals surface area contributed by atoms with Crippen molar-refractivity contribution in [3.63, 3.8) is 0 Å². The lowest BCUT2D eigenvalue weighted by Gasteiger charge is -2.36. The summed E-state index contributed by atoms with van der Waals surface area (Å²) in [4.78, 5) is 31.3. The number of amides is 3. The summed E-state index contributed by atoms with van der Waals surface area (Å²) in [6, 6.07) is 16.0. The summed E-state index contributed by atoms with van der Waals surface area (Å²) in [6.45, 7) is 4.49. The van der Waals surface area contributed by atoms with E-state index in [2.05, 4.69) is 28.4 Å². The zero-order valence-electron chi connectivity index (χ0n) is 18.9. The Balaban J connectivity index is 1.38. The van der Waals surface area contributed by atoms with Crippen LogP contribution in [0.15, 0.2) is 48.5 Å². The largest absolute Gasteiger partial charge is 0.497 e. The number of hydrogen-bond donors (Lipinski definition) is 1. The summed E-state index contributed by atoms with van der Waals surface area (Å²) < 4.78 is 5.24. The standard InChI is InChI=1S/C25H32N4O3/c1-26-25(31)29-12-4-7-21(18-29)19-5-3-6-20(17-19)24(30)28-15-13-27(14-16-28)22-8-10-23(32-2)11-9-22/h3,5-6,8-11,17,21H,4,7,12-16,18H2,1-2H3,(H,26,31). The number of piperazine rings is 1. The van der Waals surface area contributed by atoms with E-state index in [0.717, 1.165) is 55.0 Å². The van der Waals surface area contributed by atoms with Crippen LogP contribution in [0.3, 0.4) is 0 Å². The molecular formula is C25H32N4O3. The maximum atomic E-state index is 13.2. The Hall–Kier alpha value is -3.22. The normalized spacial score (nSPS) is 18.9. The number of piperidine rings is 1. The minimum absolute atomic E-state index is 0.0309. The van der Waals surface area contributed by atoms with E-state index >= 15 is 0 Å². The van der Waals surface area contributed by atoms with Gasteiger partial charge in [-0.25, -0.2) is 4.79 Å². The van der Waals surface area contributed by atoms with E-state index in [0.29, 0.717) is 19.6 Å². The van der Waals surface area contributed by atoms with Gasteiger partial charge in [-0.05, 0) is 54.8 Å². The van der Waals surface area contributed by atoms with Gasteiger partial charge >= 0.3 is 6.03 Å². The molecule has 2 heterocycles. The smallest absolute Gasteiger partial charge is 0.317 e. The van der Waals surface area contributed by atoms with Gasteiger partial charge in [-0.15, -0.1) is 0 Å². The summed E-state index contributed by atoms with van der Waals surface area (Å²) in [5.41, 5.74) is 3.02. The molecule has 2 aromatic carbocycles. The summed E-state index contributed by atoms with van der Waals surface area (Å²) in [5, 5.41) is 2.72. The van der Waals surface area contributed by atoms with Crippen LogP contribution in [-0.2, 0) is 0 Å². The lowest BCUT2D eigenvalue weighted by Crippen LogP contribution is -2.48. The van der Waals surface area contributed by atoms with Crippen molar-refractivity contribution in [3.8, 4) is 5.75 Å². The molecule has 0 spiro atoms. The van der Waals surface area contributed by atoms with Gasteiger partial charge in [-0.3, -0.25) is 4.79 Å². The van der Waals surface area contributed by atoms with Crippen LogP contribution < -0.4 is 15.0 Å². The van der Waals surface area contributed by atoms with Crippen LogP contribution in [0.5, 0.6) is 5.75 Å². The van der Waals surface area contributed by atoms with E-state index in [1.54, 1.807) is 14.2 Å². The van der Waals surface area contributed by atoms with Crippen molar-refractivity contribution in [1.29, 1.82) is 0 Å². The van der Waals surface area contributed by atoms with Crippen LogP contribution in [0, 0.1) is 0 Å². The van der Waals surface area contributed by atoms with Crippen molar-refractivity contribution in [2.45, 2.75) is 18.8 Å². The molecule has 0 bridgehead atoms. The first-order valence-electron chi connectivity index (χ1n) is 11.3. The van der Waals surface area contributed by atoms with Gasteiger partial charge in [-0.1, -0.05) is 12.1 Å². The highest BCUT2D eigenvalue weighted by Gasteiger charge is 2.26. The first kappa shape index (κ1) is 22.0. The number of methoxy groups -OCH3 is 1. The van der Waals surface area contributed by atoms with Crippen molar-refractivity contribution in [3.05, 3.63) is 59.7 Å². The van der Waals surface area contributed by atoms with E-state index in [9.17, 15) is 9.59 Å². The van der Waals surface area contributed by atoms with Gasteiger partial charge < -0.3 is 24.8 Å². The van der Waals surface area contributed by atoms with Gasteiger partial charge in [0.25, 0.3) is 5.91 Å². The number of likely N-dealkylation sites (tertiary alicyclic amines) is 1. The van der Waals surface area contributed by atoms with Crippen LogP contribution in [0.2, 0.25) is 0 Å². The second-order valence-corrected chi connectivity index (χ2v) is 8.44. The fraction of sp³-hybridized carbons (Fsp3) is 0.440. The predicted octanol–water partition coefficient (Wildman–Crippen LogP) is 3.18. The minimum Gasteiger partial charge on any atom is -0.497 e. The van der Waals surface area contributed by atoms with Crippen LogP contribution in [0.25, 0.3) is 0 Å². The zero-order chi connectivity index (χ0) is 22.5. The van der Waals surface area contributed by atoms with Crippen LogP contribution in [0.4, 0.5) is 10.5 Å². The van der Waals surface area contributed by atoms with E-state index in [1.165, 1.54) is 0 Å². The molecule has 1 atom stereocenters. The third-order valence-electron chi connectivity index (χ3n) is 6.53. The molecule has 0 radical (unpaired) electrons. The number of nitrogens with one attached hydrogen (secondary N) is 1. The topological polar surface area (TPSA) is 65.1 Å². The molecule has 3 amide bonds. The number of urea groups is 1. The maximum absolute atomic E-state index is 13.2. The number of carbonyl (C=O) groups excluding carboxylic acids is 2. The van der Waals surface area contributed by atoms with Gasteiger partial charge in [0.05, 0.1) is 7.11 Å². The van der Waals surface area contributed by atoms with E-state index in [4.69, 9.17) is 4.74 Å². The number of hydrogen-bond acceptors (Lipinski definition) is 4. The average molecular weight is 437 g/mol. The molecule has 170 valence electrons. The monoisotopic (exact) mass is 436 g/mol. The number of nitrogens with zero attached hydrogens (tertiary/aromatic N) is 3.